The van der Waals surface area contributed by atoms with Gasteiger partial charge in [-0.25, -0.2) is 9.78 Å². The first kappa shape index (κ1) is 18.8. The number of anilines is 1. The minimum absolute atomic E-state index is 0.407. The van der Waals surface area contributed by atoms with Gasteiger partial charge in [0.1, 0.15) is 0 Å². The number of carbonyl (C=O) groups is 2. The quantitative estimate of drug-likeness (QED) is 0.637. The zero-order chi connectivity index (χ0) is 19.2. The molecular formula is C21H20N2O3S. The molecule has 3 rings (SSSR count). The lowest BCUT2D eigenvalue weighted by molar-refractivity contribution is -0.123. The summed E-state index contributed by atoms with van der Waals surface area (Å²) in [5.41, 5.74) is 3.46. The third-order valence-corrected chi connectivity index (χ3v) is 4.81. The van der Waals surface area contributed by atoms with Crippen LogP contribution in [0.4, 0.5) is 5.13 Å². The van der Waals surface area contributed by atoms with Crippen molar-refractivity contribution in [3.8, 4) is 11.3 Å². The fourth-order valence-electron chi connectivity index (χ4n) is 2.44. The van der Waals surface area contributed by atoms with E-state index < -0.39 is 18.0 Å². The number of hydrogen-bond acceptors (Lipinski definition) is 5. The monoisotopic (exact) mass is 380 g/mol. The predicted octanol–water partition coefficient (Wildman–Crippen LogP) is 4.56. The molecule has 1 heterocycles. The van der Waals surface area contributed by atoms with E-state index in [9.17, 15) is 9.59 Å². The van der Waals surface area contributed by atoms with E-state index in [2.05, 4.69) is 29.4 Å². The number of thiazole rings is 1. The highest BCUT2D eigenvalue weighted by Gasteiger charge is 2.20. The number of hydrogen-bond donors (Lipinski definition) is 1. The first-order chi connectivity index (χ1) is 13.1. The number of nitrogens with one attached hydrogen (secondary N) is 1. The van der Waals surface area contributed by atoms with Gasteiger partial charge in [0.15, 0.2) is 11.2 Å². The molecule has 1 N–H and O–H groups in total. The molecule has 0 radical (unpaired) electrons. The largest absolute Gasteiger partial charge is 0.449 e. The van der Waals surface area contributed by atoms with Gasteiger partial charge >= 0.3 is 5.97 Å². The van der Waals surface area contributed by atoms with E-state index in [1.54, 1.807) is 24.3 Å². The Morgan fingerprint density at radius 2 is 1.81 bits per heavy atom. The summed E-state index contributed by atoms with van der Waals surface area (Å²) in [6, 6.07) is 16.7. The van der Waals surface area contributed by atoms with Crippen LogP contribution in [-0.4, -0.2) is 23.0 Å². The van der Waals surface area contributed by atoms with E-state index in [1.807, 2.05) is 23.6 Å². The molecule has 1 aromatic heterocycles. The third kappa shape index (κ3) is 4.80. The molecule has 27 heavy (non-hydrogen) atoms. The van der Waals surface area contributed by atoms with Crippen molar-refractivity contribution in [3.05, 3.63) is 71.1 Å². The van der Waals surface area contributed by atoms with Gasteiger partial charge in [-0.05, 0) is 31.0 Å². The second-order valence-corrected chi connectivity index (χ2v) is 6.85. The Labute approximate surface area is 162 Å². The molecule has 0 saturated carbocycles. The van der Waals surface area contributed by atoms with Gasteiger partial charge in [-0.15, -0.1) is 11.3 Å². The van der Waals surface area contributed by atoms with Crippen LogP contribution in [0.1, 0.15) is 29.8 Å². The van der Waals surface area contributed by atoms with Crippen LogP contribution in [0.3, 0.4) is 0 Å². The van der Waals surface area contributed by atoms with E-state index in [1.165, 1.54) is 23.8 Å². The highest BCUT2D eigenvalue weighted by Crippen LogP contribution is 2.25. The van der Waals surface area contributed by atoms with Crippen molar-refractivity contribution >= 4 is 28.3 Å². The minimum Gasteiger partial charge on any atom is -0.449 e. The summed E-state index contributed by atoms with van der Waals surface area (Å²) < 4.78 is 5.21. The highest BCUT2D eigenvalue weighted by atomic mass is 32.1. The molecule has 1 atom stereocenters. The smallest absolute Gasteiger partial charge is 0.338 e. The zero-order valence-corrected chi connectivity index (χ0v) is 16.0. The standard InChI is InChI=1S/C21H20N2O3S/c1-3-15-9-11-16(12-10-15)18-13-27-21(22-18)23-19(24)14(2)26-20(25)17-7-5-4-6-8-17/h4-14H,3H2,1-2H3,(H,22,23,24)/t14-/m1/s1. The summed E-state index contributed by atoms with van der Waals surface area (Å²) in [4.78, 5) is 28.8. The number of ether oxygens (including phenoxy) is 1. The number of rotatable bonds is 6. The maximum absolute atomic E-state index is 12.3. The summed E-state index contributed by atoms with van der Waals surface area (Å²) >= 11 is 1.33. The van der Waals surface area contributed by atoms with Crippen molar-refractivity contribution in [1.82, 2.24) is 4.98 Å². The number of amides is 1. The minimum atomic E-state index is -0.922. The van der Waals surface area contributed by atoms with E-state index >= 15 is 0 Å². The topological polar surface area (TPSA) is 68.3 Å². The highest BCUT2D eigenvalue weighted by molar-refractivity contribution is 7.14. The maximum Gasteiger partial charge on any atom is 0.338 e. The normalized spacial score (nSPS) is 11.6. The van der Waals surface area contributed by atoms with Crippen molar-refractivity contribution in [1.29, 1.82) is 0 Å². The zero-order valence-electron chi connectivity index (χ0n) is 15.1. The Hall–Kier alpha value is -2.99. The average Bonchev–Trinajstić information content (AvgIpc) is 3.17. The SMILES string of the molecule is CCc1ccc(-c2csc(NC(=O)[C@@H](C)OC(=O)c3ccccc3)n2)cc1. The fourth-order valence-corrected chi connectivity index (χ4v) is 3.16. The Morgan fingerprint density at radius 1 is 1.11 bits per heavy atom. The Bertz CT molecular complexity index is 920. The van der Waals surface area contributed by atoms with Crippen LogP contribution in [0.25, 0.3) is 11.3 Å². The number of esters is 1. The second kappa shape index (κ2) is 8.60. The van der Waals surface area contributed by atoms with Gasteiger partial charge in [-0.1, -0.05) is 49.4 Å². The lowest BCUT2D eigenvalue weighted by Crippen LogP contribution is -2.29. The summed E-state index contributed by atoms with van der Waals surface area (Å²) in [5.74, 6) is -0.949. The molecular weight excluding hydrogens is 360 g/mol. The summed E-state index contributed by atoms with van der Waals surface area (Å²) in [6.45, 7) is 3.64. The van der Waals surface area contributed by atoms with Crippen molar-refractivity contribution in [2.75, 3.05) is 5.32 Å². The van der Waals surface area contributed by atoms with Gasteiger partial charge in [0.2, 0.25) is 0 Å². The molecule has 0 aliphatic rings. The van der Waals surface area contributed by atoms with Crippen LogP contribution in [0.5, 0.6) is 0 Å². The van der Waals surface area contributed by atoms with Gasteiger partial charge in [0.25, 0.3) is 5.91 Å². The average molecular weight is 380 g/mol. The second-order valence-electron chi connectivity index (χ2n) is 5.99. The molecule has 0 aliphatic heterocycles. The van der Waals surface area contributed by atoms with E-state index in [0.29, 0.717) is 10.7 Å². The number of carbonyl (C=O) groups excluding carboxylic acids is 2. The molecule has 0 unspecified atom stereocenters. The van der Waals surface area contributed by atoms with Crippen LogP contribution >= 0.6 is 11.3 Å². The Morgan fingerprint density at radius 3 is 2.48 bits per heavy atom. The lowest BCUT2D eigenvalue weighted by Gasteiger charge is -2.12. The molecule has 6 heteroatoms. The van der Waals surface area contributed by atoms with E-state index in [0.717, 1.165) is 17.7 Å². The van der Waals surface area contributed by atoms with Crippen LogP contribution in [-0.2, 0) is 16.0 Å². The molecule has 3 aromatic rings. The van der Waals surface area contributed by atoms with Crippen molar-refractivity contribution in [2.45, 2.75) is 26.4 Å². The van der Waals surface area contributed by atoms with Crippen molar-refractivity contribution < 1.29 is 14.3 Å². The van der Waals surface area contributed by atoms with Gasteiger partial charge < -0.3 is 4.74 Å². The number of aromatic nitrogens is 1. The van der Waals surface area contributed by atoms with E-state index in [-0.39, 0.29) is 0 Å². The molecule has 2 aromatic carbocycles. The van der Waals surface area contributed by atoms with Gasteiger partial charge in [-0.2, -0.15) is 0 Å². The summed E-state index contributed by atoms with van der Waals surface area (Å²) in [6.07, 6.45) is 0.0620. The van der Waals surface area contributed by atoms with Gasteiger partial charge in [-0.3, -0.25) is 10.1 Å². The van der Waals surface area contributed by atoms with Crippen LogP contribution in [0.2, 0.25) is 0 Å². The number of benzene rings is 2. The van der Waals surface area contributed by atoms with Gasteiger partial charge in [0, 0.05) is 10.9 Å². The van der Waals surface area contributed by atoms with Crippen LogP contribution in [0.15, 0.2) is 60.0 Å². The molecule has 0 saturated heterocycles. The summed E-state index contributed by atoms with van der Waals surface area (Å²) in [5, 5.41) is 5.06. The van der Waals surface area contributed by atoms with Crippen LogP contribution < -0.4 is 5.32 Å². The first-order valence-electron chi connectivity index (χ1n) is 8.68. The lowest BCUT2D eigenvalue weighted by atomic mass is 10.1. The molecule has 0 spiro atoms. The maximum atomic E-state index is 12.3. The molecule has 1 amide bonds. The van der Waals surface area contributed by atoms with Crippen LogP contribution in [0, 0.1) is 0 Å². The molecule has 138 valence electrons. The van der Waals surface area contributed by atoms with Crippen molar-refractivity contribution in [2.24, 2.45) is 0 Å². The fraction of sp³-hybridized carbons (Fsp3) is 0.190. The number of nitrogens with zero attached hydrogens (tertiary/aromatic N) is 1. The molecule has 0 fully saturated rings. The molecule has 5 nitrogen and oxygen atoms in total. The molecule has 0 aliphatic carbocycles. The third-order valence-electron chi connectivity index (χ3n) is 4.05. The summed E-state index contributed by atoms with van der Waals surface area (Å²) in [7, 11) is 0. The van der Waals surface area contributed by atoms with Crippen molar-refractivity contribution in [3.63, 3.8) is 0 Å². The Kier molecular flexibility index (Phi) is 5.98. The predicted molar refractivity (Wildman–Crippen MR) is 107 cm³/mol. The first-order valence-corrected chi connectivity index (χ1v) is 9.56. The molecule has 0 bridgehead atoms. The van der Waals surface area contributed by atoms with Gasteiger partial charge in [0.05, 0.1) is 11.3 Å². The Balaban J connectivity index is 1.60. The number of aryl methyl sites for hydroxylation is 1. The van der Waals surface area contributed by atoms with E-state index in [4.69, 9.17) is 4.74 Å².